The van der Waals surface area contributed by atoms with Crippen molar-refractivity contribution in [2.45, 2.75) is 26.9 Å². The molecule has 2 heterocycles. The van der Waals surface area contributed by atoms with Crippen LogP contribution < -0.4 is 4.74 Å². The molecule has 0 radical (unpaired) electrons. The number of amides is 1. The molecule has 4 rings (SSSR count). The predicted octanol–water partition coefficient (Wildman–Crippen LogP) is 4.13. The molecule has 1 fully saturated rings. The van der Waals surface area contributed by atoms with Gasteiger partial charge >= 0.3 is 12.1 Å². The Morgan fingerprint density at radius 2 is 1.74 bits per heavy atom. The van der Waals surface area contributed by atoms with Crippen LogP contribution in [0, 0.1) is 11.8 Å². The molecule has 0 saturated carbocycles. The average molecular weight is 480 g/mol. The number of nitrogens with zero attached hydrogens (tertiary/aromatic N) is 3. The lowest BCUT2D eigenvalue weighted by Crippen LogP contribution is -2.30. The molecule has 2 aromatic carbocycles. The highest BCUT2D eigenvalue weighted by molar-refractivity contribution is 5.76. The number of rotatable bonds is 9. The monoisotopic (exact) mass is 479 g/mol. The van der Waals surface area contributed by atoms with Gasteiger partial charge in [-0.25, -0.2) is 4.79 Å². The molecule has 9 nitrogen and oxygen atoms in total. The van der Waals surface area contributed by atoms with E-state index < -0.39 is 6.09 Å². The third-order valence-corrected chi connectivity index (χ3v) is 5.83. The van der Waals surface area contributed by atoms with Crippen molar-refractivity contribution < 1.29 is 28.3 Å². The summed E-state index contributed by atoms with van der Waals surface area (Å²) in [6.45, 7) is 5.07. The zero-order valence-corrected chi connectivity index (χ0v) is 19.9. The molecule has 2 atom stereocenters. The maximum atomic E-state index is 12.5. The lowest BCUT2D eigenvalue weighted by molar-refractivity contribution is -0.148. The van der Waals surface area contributed by atoms with Crippen LogP contribution in [0.15, 0.2) is 59.1 Å². The first-order chi connectivity index (χ1) is 17.1. The molecule has 0 bridgehead atoms. The highest BCUT2D eigenvalue weighted by Crippen LogP contribution is 2.29. The lowest BCUT2D eigenvalue weighted by atomic mass is 9.90. The van der Waals surface area contributed by atoms with Crippen molar-refractivity contribution in [1.82, 2.24) is 15.0 Å². The minimum Gasteiger partial charge on any atom is -0.485 e. The zero-order chi connectivity index (χ0) is 24.6. The Morgan fingerprint density at radius 1 is 1.00 bits per heavy atom. The first-order valence-electron chi connectivity index (χ1n) is 11.8. The van der Waals surface area contributed by atoms with Crippen molar-refractivity contribution in [3.63, 3.8) is 0 Å². The maximum absolute atomic E-state index is 12.5. The van der Waals surface area contributed by atoms with Crippen molar-refractivity contribution in [2.75, 3.05) is 26.3 Å². The normalized spacial score (nSPS) is 17.3. The summed E-state index contributed by atoms with van der Waals surface area (Å²) in [5.74, 6) is 0.855. The number of ether oxygens (including phenoxy) is 3. The Labute approximate surface area is 204 Å². The zero-order valence-electron chi connectivity index (χ0n) is 19.9. The smallest absolute Gasteiger partial charge is 0.409 e. The van der Waals surface area contributed by atoms with Crippen LogP contribution in [0.25, 0.3) is 11.5 Å². The number of esters is 1. The molecule has 1 aromatic heterocycles. The Kier molecular flexibility index (Phi) is 7.97. The standard InChI is InChI=1S/C26H29N3O6/c1-3-32-25(30)22-16-29(26(31)33-4-2)15-20(22)14-18-10-12-21(13-11-18)34-17-23-27-24(35-28-23)19-8-6-5-7-9-19/h5-13,20,22H,3-4,14-17H2,1-2H3/t20-,22+/m1/s1. The third kappa shape index (κ3) is 6.17. The number of likely N-dealkylation sites (tertiary alicyclic amines) is 1. The first kappa shape index (κ1) is 24.3. The maximum Gasteiger partial charge on any atom is 0.409 e. The largest absolute Gasteiger partial charge is 0.485 e. The van der Waals surface area contributed by atoms with Crippen LogP contribution in [0.5, 0.6) is 5.75 Å². The number of aromatic nitrogens is 2. The highest BCUT2D eigenvalue weighted by Gasteiger charge is 2.41. The molecule has 184 valence electrons. The molecule has 0 spiro atoms. The van der Waals surface area contributed by atoms with Crippen molar-refractivity contribution in [1.29, 1.82) is 0 Å². The summed E-state index contributed by atoms with van der Waals surface area (Å²) < 4.78 is 21.5. The predicted molar refractivity (Wildman–Crippen MR) is 126 cm³/mol. The van der Waals surface area contributed by atoms with Crippen molar-refractivity contribution >= 4 is 12.1 Å². The van der Waals surface area contributed by atoms with Crippen LogP contribution in [0.1, 0.15) is 25.2 Å². The van der Waals surface area contributed by atoms with Gasteiger partial charge in [-0.1, -0.05) is 35.5 Å². The van der Waals surface area contributed by atoms with Gasteiger partial charge in [0, 0.05) is 18.7 Å². The van der Waals surface area contributed by atoms with E-state index in [0.717, 1.165) is 11.1 Å². The van der Waals surface area contributed by atoms with Crippen LogP contribution in [-0.2, 0) is 27.3 Å². The second-order valence-corrected chi connectivity index (χ2v) is 8.24. The molecule has 9 heteroatoms. The summed E-state index contributed by atoms with van der Waals surface area (Å²) in [7, 11) is 0. The van der Waals surface area contributed by atoms with E-state index in [1.807, 2.05) is 54.6 Å². The summed E-state index contributed by atoms with van der Waals surface area (Å²) in [4.78, 5) is 30.7. The third-order valence-electron chi connectivity index (χ3n) is 5.83. The van der Waals surface area contributed by atoms with E-state index in [-0.39, 0.29) is 24.4 Å². The van der Waals surface area contributed by atoms with Crippen LogP contribution in [-0.4, -0.2) is 53.4 Å². The van der Waals surface area contributed by atoms with E-state index >= 15 is 0 Å². The van der Waals surface area contributed by atoms with Crippen molar-refractivity contribution in [3.8, 4) is 17.2 Å². The van der Waals surface area contributed by atoms with E-state index in [4.69, 9.17) is 18.7 Å². The molecule has 0 N–H and O–H groups in total. The minimum atomic E-state index is -0.398. The molecule has 1 saturated heterocycles. The number of hydrogen-bond acceptors (Lipinski definition) is 8. The van der Waals surface area contributed by atoms with Gasteiger partial charge in [-0.05, 0) is 56.0 Å². The number of benzene rings is 2. The Hall–Kier alpha value is -3.88. The molecule has 1 aliphatic rings. The van der Waals surface area contributed by atoms with E-state index in [0.29, 0.717) is 50.2 Å². The quantitative estimate of drug-likeness (QED) is 0.422. The van der Waals surface area contributed by atoms with Gasteiger partial charge in [-0.15, -0.1) is 0 Å². The fraction of sp³-hybridized carbons (Fsp3) is 0.385. The number of hydrogen-bond donors (Lipinski definition) is 0. The van der Waals surface area contributed by atoms with Crippen LogP contribution in [0.4, 0.5) is 4.79 Å². The SMILES string of the molecule is CCOC(=O)[C@H]1CN(C(=O)OCC)C[C@H]1Cc1ccc(OCc2noc(-c3ccccc3)n2)cc1. The van der Waals surface area contributed by atoms with Crippen LogP contribution in [0.2, 0.25) is 0 Å². The summed E-state index contributed by atoms with van der Waals surface area (Å²) in [6, 6.07) is 17.2. The van der Waals surface area contributed by atoms with E-state index in [9.17, 15) is 9.59 Å². The molecular formula is C26H29N3O6. The van der Waals surface area contributed by atoms with Gasteiger partial charge < -0.3 is 23.6 Å². The second-order valence-electron chi connectivity index (χ2n) is 8.24. The van der Waals surface area contributed by atoms with Crippen LogP contribution in [0.3, 0.4) is 0 Å². The van der Waals surface area contributed by atoms with Crippen LogP contribution >= 0.6 is 0 Å². The van der Waals surface area contributed by atoms with Crippen molar-refractivity contribution in [2.24, 2.45) is 11.8 Å². The summed E-state index contributed by atoms with van der Waals surface area (Å²) in [6.07, 6.45) is 0.232. The molecule has 3 aromatic rings. The van der Waals surface area contributed by atoms with Gasteiger partial charge in [-0.2, -0.15) is 4.98 Å². The van der Waals surface area contributed by atoms with E-state index in [2.05, 4.69) is 10.1 Å². The fourth-order valence-corrected chi connectivity index (χ4v) is 4.14. The Morgan fingerprint density at radius 3 is 2.46 bits per heavy atom. The molecule has 1 aliphatic heterocycles. The molecule has 0 aliphatic carbocycles. The number of carbonyl (C=O) groups is 2. The Balaban J connectivity index is 1.35. The van der Waals surface area contributed by atoms with E-state index in [1.165, 1.54) is 0 Å². The molecular weight excluding hydrogens is 450 g/mol. The van der Waals surface area contributed by atoms with Crippen molar-refractivity contribution in [3.05, 3.63) is 66.0 Å². The number of carbonyl (C=O) groups excluding carboxylic acids is 2. The van der Waals surface area contributed by atoms with Gasteiger partial charge in [0.25, 0.3) is 5.89 Å². The average Bonchev–Trinajstić information content (AvgIpc) is 3.52. The topological polar surface area (TPSA) is 104 Å². The summed E-state index contributed by atoms with van der Waals surface area (Å²) >= 11 is 0. The summed E-state index contributed by atoms with van der Waals surface area (Å²) in [5, 5.41) is 3.97. The minimum absolute atomic E-state index is 0.0547. The van der Waals surface area contributed by atoms with Gasteiger partial charge in [0.2, 0.25) is 5.82 Å². The molecule has 35 heavy (non-hydrogen) atoms. The second kappa shape index (κ2) is 11.5. The fourth-order valence-electron chi connectivity index (χ4n) is 4.14. The van der Waals surface area contributed by atoms with Gasteiger partial charge in [0.15, 0.2) is 6.61 Å². The highest BCUT2D eigenvalue weighted by atomic mass is 16.6. The molecule has 1 amide bonds. The summed E-state index contributed by atoms with van der Waals surface area (Å²) in [5.41, 5.74) is 1.89. The Bertz CT molecular complexity index is 1120. The van der Waals surface area contributed by atoms with Gasteiger partial charge in [-0.3, -0.25) is 4.79 Å². The van der Waals surface area contributed by atoms with E-state index in [1.54, 1.807) is 18.7 Å². The lowest BCUT2D eigenvalue weighted by Gasteiger charge is -2.17. The van der Waals surface area contributed by atoms with Gasteiger partial charge in [0.05, 0.1) is 19.1 Å². The van der Waals surface area contributed by atoms with Gasteiger partial charge in [0.1, 0.15) is 5.75 Å². The molecule has 0 unspecified atom stereocenters. The first-order valence-corrected chi connectivity index (χ1v) is 11.8.